The molecule has 0 spiro atoms. The summed E-state index contributed by atoms with van der Waals surface area (Å²) in [4.78, 5) is 51.7. The molecule has 2 fully saturated rings. The van der Waals surface area contributed by atoms with Crippen molar-refractivity contribution in [3.8, 4) is 17.0 Å². The van der Waals surface area contributed by atoms with Crippen LogP contribution in [0.4, 0.5) is 15.5 Å². The van der Waals surface area contributed by atoms with E-state index >= 15 is 0 Å². The van der Waals surface area contributed by atoms with Gasteiger partial charge in [0.25, 0.3) is 5.91 Å². The second-order valence-electron chi connectivity index (χ2n) is 14.2. The SMILES string of the molecule is Cc1ccc(NC(=O)Nc2sc(C(C)(C)C)cc2C(=O)N2CCNC(=O)C2(C)C)cc1-c1ccc(OCCCN2CCN(C)CC2)nc1. The molecule has 12 heteroatoms. The first kappa shape index (κ1) is 35.3. The Balaban J connectivity index is 1.24. The van der Waals surface area contributed by atoms with Gasteiger partial charge in [0.15, 0.2) is 0 Å². The zero-order valence-corrected chi connectivity index (χ0v) is 30.1. The average molecular weight is 676 g/mol. The zero-order chi connectivity index (χ0) is 34.6. The molecule has 0 radical (unpaired) electrons. The first-order chi connectivity index (χ1) is 22.7. The van der Waals surface area contributed by atoms with E-state index in [1.807, 2.05) is 43.3 Å². The molecule has 1 aromatic carbocycles. The van der Waals surface area contributed by atoms with Crippen LogP contribution in [-0.2, 0) is 10.2 Å². The highest BCUT2D eigenvalue weighted by atomic mass is 32.1. The van der Waals surface area contributed by atoms with Crippen molar-refractivity contribution < 1.29 is 19.1 Å². The molecule has 5 rings (SSSR count). The van der Waals surface area contributed by atoms with Gasteiger partial charge in [0, 0.05) is 74.2 Å². The molecule has 2 aliphatic rings. The van der Waals surface area contributed by atoms with Gasteiger partial charge >= 0.3 is 6.03 Å². The highest BCUT2D eigenvalue weighted by Crippen LogP contribution is 2.38. The van der Waals surface area contributed by atoms with Crippen LogP contribution in [0, 0.1) is 6.92 Å². The Bertz CT molecular complexity index is 1620. The number of amides is 4. The number of hydrogen-bond acceptors (Lipinski definition) is 8. The zero-order valence-electron chi connectivity index (χ0n) is 29.2. The molecule has 4 amide bonds. The van der Waals surface area contributed by atoms with Gasteiger partial charge in [0.1, 0.15) is 10.5 Å². The quantitative estimate of drug-likeness (QED) is 0.259. The van der Waals surface area contributed by atoms with Gasteiger partial charge in [-0.1, -0.05) is 26.8 Å². The van der Waals surface area contributed by atoms with Crippen molar-refractivity contribution in [3.63, 3.8) is 0 Å². The van der Waals surface area contributed by atoms with Crippen molar-refractivity contribution in [1.29, 1.82) is 0 Å². The number of ether oxygens (including phenoxy) is 1. The monoisotopic (exact) mass is 675 g/mol. The molecule has 0 aliphatic carbocycles. The van der Waals surface area contributed by atoms with E-state index in [4.69, 9.17) is 4.74 Å². The number of carbonyl (C=O) groups is 3. The number of aromatic nitrogens is 1. The van der Waals surface area contributed by atoms with Crippen molar-refractivity contribution in [1.82, 2.24) is 25.0 Å². The van der Waals surface area contributed by atoms with Crippen LogP contribution < -0.4 is 20.7 Å². The van der Waals surface area contributed by atoms with Crippen molar-refractivity contribution in [2.24, 2.45) is 0 Å². The Labute approximate surface area is 288 Å². The number of pyridine rings is 1. The molecule has 2 saturated heterocycles. The largest absolute Gasteiger partial charge is 0.478 e. The Hall–Kier alpha value is -4.00. The molecule has 3 aromatic rings. The number of piperazine rings is 2. The number of likely N-dealkylation sites (N-methyl/N-ethyl adjacent to an activating group) is 1. The number of urea groups is 1. The van der Waals surface area contributed by atoms with Crippen LogP contribution in [0.2, 0.25) is 0 Å². The molecule has 11 nitrogen and oxygen atoms in total. The summed E-state index contributed by atoms with van der Waals surface area (Å²) in [5.74, 6) is 0.0993. The van der Waals surface area contributed by atoms with Crippen LogP contribution in [0.1, 0.15) is 61.8 Å². The number of nitrogens with one attached hydrogen (secondary N) is 3. The van der Waals surface area contributed by atoms with E-state index in [1.54, 1.807) is 24.9 Å². The van der Waals surface area contributed by atoms with Gasteiger partial charge < -0.3 is 30.1 Å². The molecule has 258 valence electrons. The van der Waals surface area contributed by atoms with Crippen LogP contribution in [0.15, 0.2) is 42.6 Å². The van der Waals surface area contributed by atoms with E-state index in [-0.39, 0.29) is 17.2 Å². The fourth-order valence-electron chi connectivity index (χ4n) is 5.85. The first-order valence-electron chi connectivity index (χ1n) is 16.7. The predicted octanol–water partition coefficient (Wildman–Crippen LogP) is 5.43. The molecular formula is C36H49N7O4S. The van der Waals surface area contributed by atoms with Gasteiger partial charge in [0.2, 0.25) is 11.8 Å². The fourth-order valence-corrected chi connectivity index (χ4v) is 6.95. The van der Waals surface area contributed by atoms with Crippen molar-refractivity contribution in [2.45, 2.75) is 58.9 Å². The smallest absolute Gasteiger partial charge is 0.324 e. The van der Waals surface area contributed by atoms with Gasteiger partial charge in [-0.25, -0.2) is 9.78 Å². The summed E-state index contributed by atoms with van der Waals surface area (Å²) in [6.07, 6.45) is 2.75. The normalized spacial score (nSPS) is 17.1. The van der Waals surface area contributed by atoms with E-state index in [0.29, 0.717) is 41.8 Å². The van der Waals surface area contributed by atoms with E-state index in [1.165, 1.54) is 11.3 Å². The van der Waals surface area contributed by atoms with Crippen LogP contribution in [0.3, 0.4) is 0 Å². The maximum absolute atomic E-state index is 13.8. The topological polar surface area (TPSA) is 119 Å². The summed E-state index contributed by atoms with van der Waals surface area (Å²) < 4.78 is 5.92. The number of rotatable bonds is 9. The standard InChI is InChI=1S/C36H49N7O4S/c1-24-9-11-26(21-27(24)25-10-12-30(38-23-25)47-20-8-14-42-18-16-41(7)17-19-42)39-34(46)40-31-28(22-29(48-31)35(2,3)4)32(44)43-15-13-37-33(45)36(43,5)6/h9-12,21-23H,8,13-20H2,1-7H3,(H,37,45)(H2,39,40,46). The van der Waals surface area contributed by atoms with Gasteiger partial charge in [-0.2, -0.15) is 0 Å². The molecule has 2 aliphatic heterocycles. The number of thiophene rings is 1. The Morgan fingerprint density at radius 1 is 1.04 bits per heavy atom. The maximum Gasteiger partial charge on any atom is 0.324 e. The van der Waals surface area contributed by atoms with Crippen molar-refractivity contribution in [3.05, 3.63) is 58.6 Å². The third-order valence-electron chi connectivity index (χ3n) is 9.03. The lowest BCUT2D eigenvalue weighted by molar-refractivity contribution is -0.133. The fraction of sp³-hybridized carbons (Fsp3) is 0.500. The minimum atomic E-state index is -1.01. The molecule has 3 N–H and O–H groups in total. The van der Waals surface area contributed by atoms with E-state index in [0.717, 1.165) is 60.7 Å². The van der Waals surface area contributed by atoms with Crippen LogP contribution in [-0.4, -0.2) is 103 Å². The number of carbonyl (C=O) groups excluding carboxylic acids is 3. The lowest BCUT2D eigenvalue weighted by Gasteiger charge is -2.41. The van der Waals surface area contributed by atoms with E-state index in [2.05, 4.69) is 58.6 Å². The lowest BCUT2D eigenvalue weighted by atomic mass is 9.93. The molecule has 4 heterocycles. The average Bonchev–Trinajstić information content (AvgIpc) is 3.47. The van der Waals surface area contributed by atoms with Crippen LogP contribution >= 0.6 is 11.3 Å². The minimum absolute atomic E-state index is 0.204. The molecular weight excluding hydrogens is 627 g/mol. The van der Waals surface area contributed by atoms with Crippen LogP contribution in [0.5, 0.6) is 5.88 Å². The highest BCUT2D eigenvalue weighted by Gasteiger charge is 2.42. The summed E-state index contributed by atoms with van der Waals surface area (Å²) in [5, 5.41) is 9.14. The lowest BCUT2D eigenvalue weighted by Crippen LogP contribution is -2.63. The Morgan fingerprint density at radius 2 is 1.79 bits per heavy atom. The molecule has 0 bridgehead atoms. The van der Waals surface area contributed by atoms with Gasteiger partial charge in [-0.15, -0.1) is 11.3 Å². The summed E-state index contributed by atoms with van der Waals surface area (Å²) in [6.45, 7) is 18.5. The van der Waals surface area contributed by atoms with Crippen molar-refractivity contribution >= 4 is 39.9 Å². The maximum atomic E-state index is 13.8. The van der Waals surface area contributed by atoms with Gasteiger partial charge in [-0.05, 0) is 75.0 Å². The summed E-state index contributed by atoms with van der Waals surface area (Å²) in [7, 11) is 2.16. The van der Waals surface area contributed by atoms with Gasteiger partial charge in [0.05, 0.1) is 12.2 Å². The molecule has 0 unspecified atom stereocenters. The third kappa shape index (κ3) is 8.34. The third-order valence-corrected chi connectivity index (χ3v) is 10.5. The Morgan fingerprint density at radius 3 is 2.48 bits per heavy atom. The number of hydrogen-bond donors (Lipinski definition) is 3. The Kier molecular flexibility index (Phi) is 10.8. The van der Waals surface area contributed by atoms with E-state index < -0.39 is 11.6 Å². The molecule has 0 saturated carbocycles. The number of aryl methyl sites for hydroxylation is 1. The molecule has 48 heavy (non-hydrogen) atoms. The molecule has 0 atom stereocenters. The predicted molar refractivity (Wildman–Crippen MR) is 192 cm³/mol. The first-order valence-corrected chi connectivity index (χ1v) is 17.5. The second kappa shape index (κ2) is 14.6. The highest BCUT2D eigenvalue weighted by molar-refractivity contribution is 7.16. The number of benzene rings is 1. The van der Waals surface area contributed by atoms with Crippen molar-refractivity contribution in [2.75, 3.05) is 70.1 Å². The molecule has 2 aromatic heterocycles. The van der Waals surface area contributed by atoms with Gasteiger partial charge in [-0.3, -0.25) is 14.9 Å². The number of nitrogens with zero attached hydrogens (tertiary/aromatic N) is 4. The van der Waals surface area contributed by atoms with E-state index in [9.17, 15) is 14.4 Å². The summed E-state index contributed by atoms with van der Waals surface area (Å²) in [5.41, 5.74) is 2.62. The summed E-state index contributed by atoms with van der Waals surface area (Å²) in [6, 6.07) is 11.0. The summed E-state index contributed by atoms with van der Waals surface area (Å²) >= 11 is 1.37. The van der Waals surface area contributed by atoms with Crippen LogP contribution in [0.25, 0.3) is 11.1 Å². The second-order valence-corrected chi connectivity index (χ2v) is 15.3. The minimum Gasteiger partial charge on any atom is -0.478 e. The number of anilines is 2.